The van der Waals surface area contributed by atoms with E-state index >= 15 is 0 Å². The summed E-state index contributed by atoms with van der Waals surface area (Å²) in [5, 5.41) is 8.48. The zero-order chi connectivity index (χ0) is 18.9. The molecule has 134 valence electrons. The number of rotatable bonds is 3. The molecule has 0 spiro atoms. The predicted octanol–water partition coefficient (Wildman–Crippen LogP) is 3.64. The quantitative estimate of drug-likeness (QED) is 0.785. The van der Waals surface area contributed by atoms with E-state index < -0.39 is 0 Å². The molecule has 0 bridgehead atoms. The van der Waals surface area contributed by atoms with Gasteiger partial charge in [-0.3, -0.25) is 9.59 Å². The first-order valence-electron chi connectivity index (χ1n) is 8.62. The van der Waals surface area contributed by atoms with E-state index in [0.717, 1.165) is 11.1 Å². The Kier molecular flexibility index (Phi) is 4.64. The van der Waals surface area contributed by atoms with Gasteiger partial charge in [0.25, 0.3) is 5.56 Å². The fourth-order valence-electron chi connectivity index (χ4n) is 2.90. The van der Waals surface area contributed by atoms with Crippen LogP contribution in [0.1, 0.15) is 32.0 Å². The second kappa shape index (κ2) is 6.75. The van der Waals surface area contributed by atoms with Gasteiger partial charge >= 0.3 is 0 Å². The van der Waals surface area contributed by atoms with Crippen LogP contribution in [0, 0.1) is 6.92 Å². The van der Waals surface area contributed by atoms with Crippen LogP contribution >= 0.6 is 0 Å². The second-order valence-corrected chi connectivity index (χ2v) is 7.47. The van der Waals surface area contributed by atoms with Crippen LogP contribution in [0.15, 0.2) is 53.3 Å². The van der Waals surface area contributed by atoms with Gasteiger partial charge in [-0.05, 0) is 36.1 Å². The van der Waals surface area contributed by atoms with Crippen LogP contribution in [-0.4, -0.2) is 15.7 Å². The largest absolute Gasteiger partial charge is 0.324 e. The Morgan fingerprint density at radius 1 is 1.04 bits per heavy atom. The molecule has 1 N–H and O–H groups in total. The lowest BCUT2D eigenvalue weighted by atomic mass is 9.87. The van der Waals surface area contributed by atoms with E-state index in [1.165, 1.54) is 10.2 Å². The van der Waals surface area contributed by atoms with E-state index in [2.05, 4.69) is 31.2 Å². The molecular formula is C21H23N3O2. The van der Waals surface area contributed by atoms with Crippen molar-refractivity contribution in [1.82, 2.24) is 9.78 Å². The molecule has 1 amide bonds. The molecule has 0 saturated carbocycles. The summed E-state index contributed by atoms with van der Waals surface area (Å²) < 4.78 is 1.22. The van der Waals surface area contributed by atoms with Gasteiger partial charge in [-0.25, -0.2) is 4.68 Å². The third-order valence-corrected chi connectivity index (χ3v) is 4.38. The molecule has 0 aliphatic carbocycles. The van der Waals surface area contributed by atoms with Crippen molar-refractivity contribution in [1.29, 1.82) is 0 Å². The fraction of sp³-hybridized carbons (Fsp3) is 0.286. The molecule has 0 fully saturated rings. The minimum Gasteiger partial charge on any atom is -0.324 e. The summed E-state index contributed by atoms with van der Waals surface area (Å²) in [6.45, 7) is 8.13. The number of benzene rings is 2. The Bertz CT molecular complexity index is 1010. The molecule has 1 aromatic heterocycles. The summed E-state index contributed by atoms with van der Waals surface area (Å²) in [6.07, 6.45) is 0. The van der Waals surface area contributed by atoms with E-state index in [1.807, 2.05) is 49.4 Å². The first-order chi connectivity index (χ1) is 12.3. The van der Waals surface area contributed by atoms with Crippen LogP contribution in [0.25, 0.3) is 10.8 Å². The van der Waals surface area contributed by atoms with Gasteiger partial charge in [0.1, 0.15) is 6.54 Å². The first kappa shape index (κ1) is 17.9. The van der Waals surface area contributed by atoms with E-state index in [9.17, 15) is 9.59 Å². The number of hydrogen-bond donors (Lipinski definition) is 1. The van der Waals surface area contributed by atoms with Crippen molar-refractivity contribution < 1.29 is 4.79 Å². The van der Waals surface area contributed by atoms with Crippen LogP contribution in [0.5, 0.6) is 0 Å². The summed E-state index contributed by atoms with van der Waals surface area (Å²) in [4.78, 5) is 24.9. The minimum absolute atomic E-state index is 0.0579. The third-order valence-electron chi connectivity index (χ3n) is 4.38. The molecular weight excluding hydrogens is 326 g/mol. The maximum Gasteiger partial charge on any atom is 0.275 e. The molecule has 0 saturated heterocycles. The highest BCUT2D eigenvalue weighted by atomic mass is 16.2. The standard InChI is InChI=1S/C21H23N3O2/c1-14-17-7-5-6-8-18(17)20(26)24(23-14)13-19(25)22-16-11-9-15(10-12-16)21(2,3)4/h5-12H,13H2,1-4H3,(H,22,25). The van der Waals surface area contributed by atoms with Crippen molar-refractivity contribution in [2.45, 2.75) is 39.7 Å². The molecule has 0 atom stereocenters. The van der Waals surface area contributed by atoms with Crippen molar-refractivity contribution in [3.8, 4) is 0 Å². The Labute approximate surface area is 152 Å². The van der Waals surface area contributed by atoms with Gasteiger partial charge in [-0.1, -0.05) is 51.1 Å². The normalized spacial score (nSPS) is 11.5. The smallest absolute Gasteiger partial charge is 0.275 e. The Balaban J connectivity index is 1.79. The lowest BCUT2D eigenvalue weighted by Gasteiger charge is -2.19. The molecule has 1 heterocycles. The van der Waals surface area contributed by atoms with Gasteiger partial charge in [0.05, 0.1) is 11.1 Å². The molecule has 0 unspecified atom stereocenters. The van der Waals surface area contributed by atoms with Gasteiger partial charge in [-0.15, -0.1) is 0 Å². The number of amides is 1. The number of aryl methyl sites for hydroxylation is 1. The lowest BCUT2D eigenvalue weighted by molar-refractivity contribution is -0.117. The zero-order valence-electron chi connectivity index (χ0n) is 15.5. The zero-order valence-corrected chi connectivity index (χ0v) is 15.5. The number of anilines is 1. The van der Waals surface area contributed by atoms with Crippen LogP contribution in [0.2, 0.25) is 0 Å². The number of fused-ring (bicyclic) bond motifs is 1. The van der Waals surface area contributed by atoms with Gasteiger partial charge in [0, 0.05) is 11.1 Å². The number of aromatic nitrogens is 2. The summed E-state index contributed by atoms with van der Waals surface area (Å²) in [7, 11) is 0. The number of nitrogens with one attached hydrogen (secondary N) is 1. The average Bonchev–Trinajstić information content (AvgIpc) is 2.59. The molecule has 26 heavy (non-hydrogen) atoms. The molecule has 2 aromatic carbocycles. The fourth-order valence-corrected chi connectivity index (χ4v) is 2.90. The molecule has 5 heteroatoms. The van der Waals surface area contributed by atoms with E-state index in [0.29, 0.717) is 11.1 Å². The number of carbonyl (C=O) groups excluding carboxylic acids is 1. The molecule has 5 nitrogen and oxygen atoms in total. The Hall–Kier alpha value is -2.95. The third kappa shape index (κ3) is 3.67. The molecule has 0 radical (unpaired) electrons. The van der Waals surface area contributed by atoms with Crippen molar-refractivity contribution in [3.05, 3.63) is 70.1 Å². The van der Waals surface area contributed by atoms with Crippen molar-refractivity contribution in [2.24, 2.45) is 0 Å². The van der Waals surface area contributed by atoms with Crippen LogP contribution in [0.4, 0.5) is 5.69 Å². The molecule has 3 aromatic rings. The van der Waals surface area contributed by atoms with E-state index in [-0.39, 0.29) is 23.4 Å². The topological polar surface area (TPSA) is 64.0 Å². The Morgan fingerprint density at radius 2 is 1.65 bits per heavy atom. The highest BCUT2D eigenvalue weighted by molar-refractivity contribution is 5.91. The Morgan fingerprint density at radius 3 is 2.27 bits per heavy atom. The van der Waals surface area contributed by atoms with Crippen molar-refractivity contribution in [3.63, 3.8) is 0 Å². The molecule has 0 aliphatic rings. The maximum absolute atomic E-state index is 12.5. The minimum atomic E-state index is -0.280. The number of hydrogen-bond acceptors (Lipinski definition) is 3. The summed E-state index contributed by atoms with van der Waals surface area (Å²) >= 11 is 0. The highest BCUT2D eigenvalue weighted by Crippen LogP contribution is 2.23. The average molecular weight is 349 g/mol. The SMILES string of the molecule is Cc1nn(CC(=O)Nc2ccc(C(C)(C)C)cc2)c(=O)c2ccccc12. The monoisotopic (exact) mass is 349 g/mol. The van der Waals surface area contributed by atoms with Gasteiger partial charge < -0.3 is 5.32 Å². The molecule has 3 rings (SSSR count). The van der Waals surface area contributed by atoms with Crippen molar-refractivity contribution >= 4 is 22.4 Å². The second-order valence-electron chi connectivity index (χ2n) is 7.47. The van der Waals surface area contributed by atoms with Gasteiger partial charge in [-0.2, -0.15) is 5.10 Å². The van der Waals surface area contributed by atoms with Crippen LogP contribution in [0.3, 0.4) is 0 Å². The van der Waals surface area contributed by atoms with E-state index in [4.69, 9.17) is 0 Å². The predicted molar refractivity (Wildman–Crippen MR) is 105 cm³/mol. The van der Waals surface area contributed by atoms with Crippen LogP contribution < -0.4 is 10.9 Å². The maximum atomic E-state index is 12.5. The number of nitrogens with zero attached hydrogens (tertiary/aromatic N) is 2. The summed E-state index contributed by atoms with van der Waals surface area (Å²) in [5.41, 5.74) is 2.42. The summed E-state index contributed by atoms with van der Waals surface area (Å²) in [5.74, 6) is -0.280. The van der Waals surface area contributed by atoms with Gasteiger partial charge in [0.2, 0.25) is 5.91 Å². The van der Waals surface area contributed by atoms with Crippen molar-refractivity contribution in [2.75, 3.05) is 5.32 Å². The van der Waals surface area contributed by atoms with Gasteiger partial charge in [0.15, 0.2) is 0 Å². The molecule has 0 aliphatic heterocycles. The van der Waals surface area contributed by atoms with Crippen LogP contribution in [-0.2, 0) is 16.8 Å². The number of carbonyl (C=O) groups is 1. The van der Waals surface area contributed by atoms with E-state index in [1.54, 1.807) is 6.07 Å². The first-order valence-corrected chi connectivity index (χ1v) is 8.62. The lowest BCUT2D eigenvalue weighted by Crippen LogP contribution is -2.30. The highest BCUT2D eigenvalue weighted by Gasteiger charge is 2.14. The summed E-state index contributed by atoms with van der Waals surface area (Å²) in [6, 6.07) is 15.0.